The van der Waals surface area contributed by atoms with E-state index in [2.05, 4.69) is 22.9 Å². The van der Waals surface area contributed by atoms with E-state index < -0.39 is 0 Å². The van der Waals surface area contributed by atoms with E-state index in [0.29, 0.717) is 5.92 Å². The lowest BCUT2D eigenvalue weighted by Gasteiger charge is -2.13. The van der Waals surface area contributed by atoms with E-state index in [1.165, 1.54) is 31.2 Å². The summed E-state index contributed by atoms with van der Waals surface area (Å²) in [5.41, 5.74) is 1.24. The van der Waals surface area contributed by atoms with Crippen LogP contribution in [0.15, 0.2) is 24.3 Å². The fraction of sp³-hybridized carbons (Fsp3) is 0.571. The number of alkyl halides is 1. The number of unbranched alkanes of at least 4 members (excludes halogenated alkanes) is 2. The highest BCUT2D eigenvalue weighted by Crippen LogP contribution is 2.18. The summed E-state index contributed by atoms with van der Waals surface area (Å²) in [6, 6.07) is 6.88. The fourth-order valence-electron chi connectivity index (χ4n) is 1.87. The molecule has 0 saturated heterocycles. The topological polar surface area (TPSA) is 0 Å². The van der Waals surface area contributed by atoms with E-state index >= 15 is 0 Å². The summed E-state index contributed by atoms with van der Waals surface area (Å²) in [5.74, 6) is 0.530. The molecule has 0 N–H and O–H groups in total. The second-order valence-corrected chi connectivity index (χ2v) is 4.99. The van der Waals surface area contributed by atoms with Crippen molar-refractivity contribution in [3.05, 3.63) is 35.6 Å². The van der Waals surface area contributed by atoms with Gasteiger partial charge in [0.25, 0.3) is 0 Å². The third-order valence-electron chi connectivity index (χ3n) is 2.87. The molecule has 0 bridgehead atoms. The molecule has 1 atom stereocenters. The van der Waals surface area contributed by atoms with E-state index in [4.69, 9.17) is 0 Å². The van der Waals surface area contributed by atoms with Crippen LogP contribution < -0.4 is 0 Å². The van der Waals surface area contributed by atoms with Gasteiger partial charge < -0.3 is 0 Å². The van der Waals surface area contributed by atoms with E-state index in [-0.39, 0.29) is 5.82 Å². The third kappa shape index (κ3) is 5.11. The van der Waals surface area contributed by atoms with Gasteiger partial charge in [-0.25, -0.2) is 4.39 Å². The van der Waals surface area contributed by atoms with Crippen LogP contribution in [-0.2, 0) is 6.42 Å². The Bertz CT molecular complexity index is 281. The molecular formula is C14H20BrF. The molecule has 0 saturated carbocycles. The van der Waals surface area contributed by atoms with Gasteiger partial charge in [-0.1, -0.05) is 54.2 Å². The standard InChI is InChI=1S/C14H20BrF/c1-2-3-4-5-13(11-15)10-12-6-8-14(16)9-7-12/h6-9,13H,2-5,10-11H2,1H3. The van der Waals surface area contributed by atoms with Gasteiger partial charge in [-0.3, -0.25) is 0 Å². The molecule has 2 heteroatoms. The van der Waals surface area contributed by atoms with Crippen LogP contribution in [0.2, 0.25) is 0 Å². The Morgan fingerprint density at radius 1 is 1.19 bits per heavy atom. The van der Waals surface area contributed by atoms with Crippen molar-refractivity contribution >= 4 is 15.9 Å². The zero-order valence-electron chi connectivity index (χ0n) is 9.89. The lowest BCUT2D eigenvalue weighted by molar-refractivity contribution is 0.502. The molecule has 0 aliphatic rings. The summed E-state index contributed by atoms with van der Waals surface area (Å²) >= 11 is 3.57. The molecule has 0 radical (unpaired) electrons. The first-order valence-corrected chi connectivity index (χ1v) is 7.18. The average Bonchev–Trinajstić information content (AvgIpc) is 2.31. The van der Waals surface area contributed by atoms with Crippen molar-refractivity contribution in [1.82, 2.24) is 0 Å². The van der Waals surface area contributed by atoms with Crippen LogP contribution in [0.4, 0.5) is 4.39 Å². The van der Waals surface area contributed by atoms with Gasteiger partial charge in [0.2, 0.25) is 0 Å². The van der Waals surface area contributed by atoms with E-state index in [0.717, 1.165) is 11.8 Å². The van der Waals surface area contributed by atoms with Crippen molar-refractivity contribution in [3.8, 4) is 0 Å². The molecule has 0 fully saturated rings. The van der Waals surface area contributed by atoms with Gasteiger partial charge in [-0.05, 0) is 36.5 Å². The van der Waals surface area contributed by atoms with Crippen molar-refractivity contribution in [3.63, 3.8) is 0 Å². The number of rotatable bonds is 7. The molecule has 1 rings (SSSR count). The Balaban J connectivity index is 2.40. The Kier molecular flexibility index (Phi) is 6.70. The minimum Gasteiger partial charge on any atom is -0.207 e. The first-order chi connectivity index (χ1) is 7.76. The summed E-state index contributed by atoms with van der Waals surface area (Å²) < 4.78 is 12.7. The number of halogens is 2. The van der Waals surface area contributed by atoms with Gasteiger partial charge in [-0.15, -0.1) is 0 Å². The second kappa shape index (κ2) is 7.83. The lowest BCUT2D eigenvalue weighted by atomic mass is 9.95. The van der Waals surface area contributed by atoms with Crippen molar-refractivity contribution < 1.29 is 4.39 Å². The molecule has 0 aliphatic heterocycles. The molecule has 1 aromatic rings. The van der Waals surface area contributed by atoms with E-state index in [1.54, 1.807) is 12.1 Å². The molecule has 1 unspecified atom stereocenters. The Labute approximate surface area is 106 Å². The summed E-state index contributed by atoms with van der Waals surface area (Å²) in [5, 5.41) is 1.04. The highest BCUT2D eigenvalue weighted by molar-refractivity contribution is 9.09. The maximum atomic E-state index is 12.7. The monoisotopic (exact) mass is 286 g/mol. The number of hydrogen-bond acceptors (Lipinski definition) is 0. The lowest BCUT2D eigenvalue weighted by Crippen LogP contribution is -2.06. The highest BCUT2D eigenvalue weighted by atomic mass is 79.9. The third-order valence-corrected chi connectivity index (χ3v) is 3.79. The van der Waals surface area contributed by atoms with Crippen LogP contribution in [0.1, 0.15) is 38.2 Å². The molecule has 0 aliphatic carbocycles. The van der Waals surface area contributed by atoms with Crippen molar-refractivity contribution in [2.24, 2.45) is 5.92 Å². The van der Waals surface area contributed by atoms with Gasteiger partial charge in [0.1, 0.15) is 5.82 Å². The summed E-state index contributed by atoms with van der Waals surface area (Å²) in [6.45, 7) is 2.23. The highest BCUT2D eigenvalue weighted by Gasteiger charge is 2.07. The van der Waals surface area contributed by atoms with Gasteiger partial charge in [-0.2, -0.15) is 0 Å². The van der Waals surface area contributed by atoms with Crippen LogP contribution in [0, 0.1) is 11.7 Å². The van der Waals surface area contributed by atoms with Crippen molar-refractivity contribution in [2.45, 2.75) is 39.0 Å². The summed E-state index contributed by atoms with van der Waals surface area (Å²) in [6.07, 6.45) is 6.19. The summed E-state index contributed by atoms with van der Waals surface area (Å²) in [7, 11) is 0. The van der Waals surface area contributed by atoms with Gasteiger partial charge in [0.05, 0.1) is 0 Å². The molecule has 1 aromatic carbocycles. The van der Waals surface area contributed by atoms with E-state index in [9.17, 15) is 4.39 Å². The molecule has 90 valence electrons. The predicted octanol–water partition coefficient (Wildman–Crippen LogP) is 4.96. The quantitative estimate of drug-likeness (QED) is 0.491. The molecule has 0 nitrogen and oxygen atoms in total. The van der Waals surface area contributed by atoms with Crippen LogP contribution in [0.5, 0.6) is 0 Å². The van der Waals surface area contributed by atoms with Gasteiger partial charge in [0, 0.05) is 5.33 Å². The molecular weight excluding hydrogens is 267 g/mol. The maximum Gasteiger partial charge on any atom is 0.123 e. The van der Waals surface area contributed by atoms with Gasteiger partial charge in [0.15, 0.2) is 0 Å². The zero-order valence-corrected chi connectivity index (χ0v) is 11.5. The number of hydrogen-bond donors (Lipinski definition) is 0. The van der Waals surface area contributed by atoms with Crippen molar-refractivity contribution in [1.29, 1.82) is 0 Å². The van der Waals surface area contributed by atoms with E-state index in [1.807, 2.05) is 12.1 Å². The van der Waals surface area contributed by atoms with Crippen LogP contribution in [-0.4, -0.2) is 5.33 Å². The molecule has 16 heavy (non-hydrogen) atoms. The SMILES string of the molecule is CCCCCC(CBr)Cc1ccc(F)cc1. The Hall–Kier alpha value is -0.370. The fourth-order valence-corrected chi connectivity index (χ4v) is 2.42. The van der Waals surface area contributed by atoms with Gasteiger partial charge >= 0.3 is 0 Å². The molecule has 0 amide bonds. The molecule has 0 heterocycles. The maximum absolute atomic E-state index is 12.7. The smallest absolute Gasteiger partial charge is 0.123 e. The van der Waals surface area contributed by atoms with Crippen molar-refractivity contribution in [2.75, 3.05) is 5.33 Å². The predicted molar refractivity (Wildman–Crippen MR) is 71.5 cm³/mol. The normalized spacial score (nSPS) is 12.7. The first-order valence-electron chi connectivity index (χ1n) is 6.06. The average molecular weight is 287 g/mol. The number of benzene rings is 1. The minimum atomic E-state index is -0.148. The Morgan fingerprint density at radius 2 is 1.88 bits per heavy atom. The van der Waals surface area contributed by atoms with Crippen LogP contribution >= 0.6 is 15.9 Å². The zero-order chi connectivity index (χ0) is 11.8. The van der Waals surface area contributed by atoms with Crippen LogP contribution in [0.25, 0.3) is 0 Å². The second-order valence-electron chi connectivity index (χ2n) is 4.35. The molecule has 0 aromatic heterocycles. The minimum absolute atomic E-state index is 0.148. The Morgan fingerprint density at radius 3 is 2.44 bits per heavy atom. The van der Waals surface area contributed by atoms with Crippen LogP contribution in [0.3, 0.4) is 0 Å². The summed E-state index contributed by atoms with van der Waals surface area (Å²) in [4.78, 5) is 0. The largest absolute Gasteiger partial charge is 0.207 e. The molecule has 0 spiro atoms. The first kappa shape index (κ1) is 13.7.